The van der Waals surface area contributed by atoms with E-state index in [0.29, 0.717) is 5.69 Å². The summed E-state index contributed by atoms with van der Waals surface area (Å²) in [7, 11) is -4.65. The van der Waals surface area contributed by atoms with Gasteiger partial charge in [-0.25, -0.2) is 0 Å². The van der Waals surface area contributed by atoms with Gasteiger partial charge in [-0.05, 0) is 24.1 Å². The van der Waals surface area contributed by atoms with Crippen molar-refractivity contribution in [3.05, 3.63) is 29.8 Å². The molecule has 0 radical (unpaired) electrons. The molecule has 1 atom stereocenters. The number of benzene rings is 1. The molecule has 6 heteroatoms. The van der Waals surface area contributed by atoms with Crippen molar-refractivity contribution in [3.63, 3.8) is 0 Å². The van der Waals surface area contributed by atoms with Crippen molar-refractivity contribution in [2.75, 3.05) is 11.4 Å². The van der Waals surface area contributed by atoms with E-state index in [0.717, 1.165) is 12.0 Å². The second-order valence-electron chi connectivity index (χ2n) is 4.33. The molecule has 1 amide bonds. The van der Waals surface area contributed by atoms with Crippen molar-refractivity contribution in [3.8, 4) is 0 Å². The van der Waals surface area contributed by atoms with Crippen LogP contribution in [0.4, 0.5) is 9.57 Å². The molecule has 1 saturated heterocycles. The topological polar surface area (TPSA) is 54.5 Å². The predicted molar refractivity (Wildman–Crippen MR) is 66.6 cm³/mol. The Kier molecular flexibility index (Phi) is 3.38. The van der Waals surface area contributed by atoms with Gasteiger partial charge >= 0.3 is 10.2 Å². The van der Waals surface area contributed by atoms with Crippen molar-refractivity contribution < 1.29 is 17.1 Å². The molecule has 2 rings (SSSR count). The van der Waals surface area contributed by atoms with E-state index in [2.05, 4.69) is 0 Å². The average molecular weight is 271 g/mol. The van der Waals surface area contributed by atoms with Gasteiger partial charge in [-0.2, -0.15) is 8.42 Å². The zero-order valence-electron chi connectivity index (χ0n) is 9.97. The van der Waals surface area contributed by atoms with E-state index in [9.17, 15) is 17.1 Å². The van der Waals surface area contributed by atoms with Crippen LogP contribution in [-0.4, -0.2) is 26.1 Å². The molecule has 1 fully saturated rings. The molecule has 18 heavy (non-hydrogen) atoms. The van der Waals surface area contributed by atoms with Gasteiger partial charge in [0.05, 0.1) is 0 Å². The molecule has 0 bridgehead atoms. The third kappa shape index (κ3) is 2.53. The Morgan fingerprint density at radius 1 is 1.33 bits per heavy atom. The number of carbonyl (C=O) groups excluding carboxylic acids is 1. The third-order valence-electron chi connectivity index (χ3n) is 3.14. The molecule has 98 valence electrons. The Balaban J connectivity index is 2.21. The van der Waals surface area contributed by atoms with Crippen LogP contribution >= 0.6 is 0 Å². The van der Waals surface area contributed by atoms with Crippen LogP contribution in [0.2, 0.25) is 0 Å². The maximum atomic E-state index is 12.9. The fraction of sp³-hybridized carbons (Fsp3) is 0.417. The van der Waals surface area contributed by atoms with E-state index in [1.54, 1.807) is 12.1 Å². The summed E-state index contributed by atoms with van der Waals surface area (Å²) in [5, 5.41) is -1.24. The van der Waals surface area contributed by atoms with Gasteiger partial charge in [0, 0.05) is 18.7 Å². The molecule has 1 aromatic rings. The highest BCUT2D eigenvalue weighted by Gasteiger charge is 2.38. The molecule has 1 aliphatic rings. The van der Waals surface area contributed by atoms with Crippen LogP contribution in [0.15, 0.2) is 24.3 Å². The van der Waals surface area contributed by atoms with Crippen LogP contribution in [0.3, 0.4) is 0 Å². The molecule has 0 N–H and O–H groups in total. The molecule has 1 unspecified atom stereocenters. The fourth-order valence-corrected chi connectivity index (χ4v) is 2.69. The maximum absolute atomic E-state index is 12.9. The molecular formula is C12H14FNO3S. The normalized spacial score (nSPS) is 20.4. The highest BCUT2D eigenvalue weighted by atomic mass is 32.3. The molecule has 0 aromatic heterocycles. The Morgan fingerprint density at radius 2 is 1.94 bits per heavy atom. The molecule has 1 aliphatic heterocycles. The minimum atomic E-state index is -4.65. The number of hydrogen-bond acceptors (Lipinski definition) is 3. The maximum Gasteiger partial charge on any atom is 0.307 e. The van der Waals surface area contributed by atoms with Gasteiger partial charge in [-0.15, -0.1) is 3.89 Å². The van der Waals surface area contributed by atoms with Gasteiger partial charge in [0.2, 0.25) is 5.91 Å². The largest absolute Gasteiger partial charge is 0.311 e. The van der Waals surface area contributed by atoms with Crippen LogP contribution in [-0.2, 0) is 21.4 Å². The zero-order chi connectivity index (χ0) is 13.3. The lowest BCUT2D eigenvalue weighted by Crippen LogP contribution is -2.26. The van der Waals surface area contributed by atoms with E-state index in [1.807, 2.05) is 19.1 Å². The smallest absolute Gasteiger partial charge is 0.307 e. The molecule has 1 aromatic carbocycles. The summed E-state index contributed by atoms with van der Waals surface area (Å²) in [6, 6.07) is 7.26. The number of rotatable bonds is 3. The molecular weight excluding hydrogens is 257 g/mol. The first-order chi connectivity index (χ1) is 8.41. The number of amides is 1. The number of halogens is 1. The highest BCUT2D eigenvalue weighted by Crippen LogP contribution is 2.26. The first-order valence-electron chi connectivity index (χ1n) is 5.74. The lowest BCUT2D eigenvalue weighted by Gasteiger charge is -2.16. The summed E-state index contributed by atoms with van der Waals surface area (Å²) in [6.07, 6.45) is 0.601. The molecule has 0 saturated carbocycles. The van der Waals surface area contributed by atoms with Crippen LogP contribution in [0.1, 0.15) is 18.9 Å². The lowest BCUT2D eigenvalue weighted by atomic mass is 10.1. The Hall–Kier alpha value is -1.43. The van der Waals surface area contributed by atoms with E-state index < -0.39 is 15.5 Å². The predicted octanol–water partition coefficient (Wildman–Crippen LogP) is 1.65. The molecule has 0 spiro atoms. The van der Waals surface area contributed by atoms with Crippen LogP contribution in [0, 0.1) is 0 Å². The number of hydrogen-bond donors (Lipinski definition) is 0. The molecule has 4 nitrogen and oxygen atoms in total. The Bertz CT molecular complexity index is 553. The van der Waals surface area contributed by atoms with Crippen molar-refractivity contribution in [2.45, 2.75) is 25.0 Å². The van der Waals surface area contributed by atoms with Gasteiger partial charge in [0.1, 0.15) is 5.25 Å². The zero-order valence-corrected chi connectivity index (χ0v) is 10.8. The van der Waals surface area contributed by atoms with Crippen molar-refractivity contribution in [2.24, 2.45) is 0 Å². The lowest BCUT2D eigenvalue weighted by molar-refractivity contribution is -0.117. The first-order valence-corrected chi connectivity index (χ1v) is 7.19. The monoisotopic (exact) mass is 271 g/mol. The van der Waals surface area contributed by atoms with Gasteiger partial charge in [-0.3, -0.25) is 4.79 Å². The van der Waals surface area contributed by atoms with E-state index >= 15 is 0 Å². The number of anilines is 1. The molecule has 0 aliphatic carbocycles. The standard InChI is InChI=1S/C12H14FNO3S/c1-2-9-3-5-10(6-4-9)14-8-11(7-12(14)15)18(13,16)17/h3-6,11H,2,7-8H2,1H3. The second kappa shape index (κ2) is 4.68. The molecule has 1 heterocycles. The SMILES string of the molecule is CCc1ccc(N2CC(S(=O)(=O)F)CC2=O)cc1. The Labute approximate surface area is 106 Å². The van der Waals surface area contributed by atoms with Gasteiger partial charge in [0.25, 0.3) is 0 Å². The minimum Gasteiger partial charge on any atom is -0.311 e. The third-order valence-corrected chi connectivity index (χ3v) is 4.26. The number of aryl methyl sites for hydroxylation is 1. The summed E-state index contributed by atoms with van der Waals surface area (Å²) in [4.78, 5) is 13.0. The first kappa shape index (κ1) is 13.0. The van der Waals surface area contributed by atoms with Crippen LogP contribution in [0.5, 0.6) is 0 Å². The fourth-order valence-electron chi connectivity index (χ4n) is 2.02. The average Bonchev–Trinajstić information content (AvgIpc) is 2.71. The minimum absolute atomic E-state index is 0.108. The van der Waals surface area contributed by atoms with Gasteiger partial charge in [-0.1, -0.05) is 19.1 Å². The second-order valence-corrected chi connectivity index (χ2v) is 5.94. The van der Waals surface area contributed by atoms with Gasteiger partial charge in [0.15, 0.2) is 0 Å². The summed E-state index contributed by atoms with van der Waals surface area (Å²) >= 11 is 0. The summed E-state index contributed by atoms with van der Waals surface area (Å²) < 4.78 is 34.5. The quantitative estimate of drug-likeness (QED) is 0.786. The van der Waals surface area contributed by atoms with Crippen LogP contribution in [0.25, 0.3) is 0 Å². The number of carbonyl (C=O) groups is 1. The van der Waals surface area contributed by atoms with Crippen molar-refractivity contribution >= 4 is 21.8 Å². The van der Waals surface area contributed by atoms with E-state index in [1.165, 1.54) is 4.90 Å². The summed E-state index contributed by atoms with van der Waals surface area (Å²) in [5.74, 6) is -0.356. The highest BCUT2D eigenvalue weighted by molar-refractivity contribution is 7.87. The summed E-state index contributed by atoms with van der Waals surface area (Å²) in [6.45, 7) is 1.91. The van der Waals surface area contributed by atoms with Gasteiger partial charge < -0.3 is 4.90 Å². The van der Waals surface area contributed by atoms with Crippen molar-refractivity contribution in [1.82, 2.24) is 0 Å². The Morgan fingerprint density at radius 3 is 2.39 bits per heavy atom. The van der Waals surface area contributed by atoms with Crippen molar-refractivity contribution in [1.29, 1.82) is 0 Å². The summed E-state index contributed by atoms with van der Waals surface area (Å²) in [5.41, 5.74) is 1.74. The van der Waals surface area contributed by atoms with Crippen LogP contribution < -0.4 is 4.90 Å². The van der Waals surface area contributed by atoms with E-state index in [-0.39, 0.29) is 18.9 Å². The number of nitrogens with zero attached hydrogens (tertiary/aromatic N) is 1. The van der Waals surface area contributed by atoms with E-state index in [4.69, 9.17) is 0 Å².